The molecule has 1 amide bonds. The quantitative estimate of drug-likeness (QED) is 0.150. The zero-order valence-corrected chi connectivity index (χ0v) is 25.6. The summed E-state index contributed by atoms with van der Waals surface area (Å²) in [6.45, 7) is 7.07. The molecule has 17 nitrogen and oxygen atoms in total. The van der Waals surface area contributed by atoms with Crippen molar-refractivity contribution in [3.8, 4) is 0 Å². The average Bonchev–Trinajstić information content (AvgIpc) is 2.85. The summed E-state index contributed by atoms with van der Waals surface area (Å²) in [4.78, 5) is 73.6. The third-order valence-electron chi connectivity index (χ3n) is 5.33. The van der Waals surface area contributed by atoms with Crippen LogP contribution in [-0.2, 0) is 75.3 Å². The predicted molar refractivity (Wildman–Crippen MR) is 137 cm³/mol. The topological polar surface area (TPSA) is 215 Å². The summed E-state index contributed by atoms with van der Waals surface area (Å²) in [5.41, 5.74) is 0. The van der Waals surface area contributed by atoms with Crippen molar-refractivity contribution in [3.05, 3.63) is 0 Å². The van der Waals surface area contributed by atoms with Crippen LogP contribution in [0.1, 0.15) is 54.9 Å². The molecule has 1 fully saturated rings. The van der Waals surface area contributed by atoms with Gasteiger partial charge in [0.1, 0.15) is 18.8 Å². The molecule has 240 valence electrons. The molecule has 1 heterocycles. The second-order valence-corrected chi connectivity index (χ2v) is 10.4. The highest BCUT2D eigenvalue weighted by molar-refractivity contribution is 7.48. The second-order valence-electron chi connectivity index (χ2n) is 8.80. The summed E-state index contributed by atoms with van der Waals surface area (Å²) >= 11 is 0. The molecule has 1 rings (SSSR count). The number of amides is 1. The molecule has 0 saturated carbocycles. The van der Waals surface area contributed by atoms with Gasteiger partial charge in [0.05, 0.1) is 32.8 Å². The molecule has 0 aromatic carbocycles. The van der Waals surface area contributed by atoms with Crippen molar-refractivity contribution < 1.29 is 75.3 Å². The molecular formula is C24H38NO16P. The van der Waals surface area contributed by atoms with Crippen LogP contribution in [0.4, 0.5) is 0 Å². The number of carbonyl (C=O) groups excluding carboxylic acids is 6. The van der Waals surface area contributed by atoms with E-state index in [1.165, 1.54) is 13.8 Å². The molecule has 0 unspecified atom stereocenters. The molecule has 0 radical (unpaired) electrons. The van der Waals surface area contributed by atoms with Crippen molar-refractivity contribution in [1.82, 2.24) is 5.32 Å². The Morgan fingerprint density at radius 3 is 1.90 bits per heavy atom. The normalized spacial score (nSPS) is 23.5. The van der Waals surface area contributed by atoms with Gasteiger partial charge in [-0.3, -0.25) is 33.0 Å². The van der Waals surface area contributed by atoms with E-state index < -0.39 is 92.8 Å². The Bertz CT molecular complexity index is 1040. The van der Waals surface area contributed by atoms with Crippen LogP contribution in [0.3, 0.4) is 0 Å². The minimum atomic E-state index is -4.60. The lowest BCUT2D eigenvalue weighted by atomic mass is 9.88. The van der Waals surface area contributed by atoms with Gasteiger partial charge in [-0.2, -0.15) is 0 Å². The number of ether oxygens (including phenoxy) is 6. The Labute approximate surface area is 242 Å². The molecule has 1 aliphatic heterocycles. The van der Waals surface area contributed by atoms with Gasteiger partial charge in [-0.1, -0.05) is 0 Å². The number of phosphoric acid groups is 1. The number of esters is 5. The van der Waals surface area contributed by atoms with E-state index in [1.54, 1.807) is 0 Å². The van der Waals surface area contributed by atoms with Gasteiger partial charge in [-0.05, 0) is 13.8 Å². The summed E-state index contributed by atoms with van der Waals surface area (Å²) in [6.07, 6.45) is -7.40. The second kappa shape index (κ2) is 16.5. The molecule has 0 spiro atoms. The van der Waals surface area contributed by atoms with E-state index >= 15 is 0 Å². The fraction of sp³-hybridized carbons (Fsp3) is 0.750. The lowest BCUT2D eigenvalue weighted by Crippen LogP contribution is -2.69. The Balaban J connectivity index is 3.99. The monoisotopic (exact) mass is 627 g/mol. The molecule has 42 heavy (non-hydrogen) atoms. The molecule has 0 aromatic rings. The zero-order valence-electron chi connectivity index (χ0n) is 24.7. The highest BCUT2D eigenvalue weighted by Crippen LogP contribution is 2.55. The number of methoxy groups -OCH3 is 1. The van der Waals surface area contributed by atoms with E-state index in [4.69, 9.17) is 42.0 Å². The van der Waals surface area contributed by atoms with Crippen molar-refractivity contribution >= 4 is 43.6 Å². The number of rotatable bonds is 15. The molecule has 1 N–H and O–H groups in total. The van der Waals surface area contributed by atoms with Crippen molar-refractivity contribution in [3.63, 3.8) is 0 Å². The molecule has 0 bridgehead atoms. The maximum atomic E-state index is 13.5. The number of hydrogen-bond donors (Lipinski definition) is 1. The van der Waals surface area contributed by atoms with Gasteiger partial charge in [0.25, 0.3) is 5.79 Å². The maximum Gasteiger partial charge on any atom is 0.477 e. The van der Waals surface area contributed by atoms with Gasteiger partial charge < -0.3 is 33.7 Å². The van der Waals surface area contributed by atoms with E-state index in [1.807, 2.05) is 0 Å². The first-order valence-electron chi connectivity index (χ1n) is 12.8. The maximum absolute atomic E-state index is 13.5. The molecule has 18 heteroatoms. The molecular weight excluding hydrogens is 589 g/mol. The molecule has 6 atom stereocenters. The Morgan fingerprint density at radius 2 is 1.48 bits per heavy atom. The van der Waals surface area contributed by atoms with Crippen LogP contribution in [0, 0.1) is 0 Å². The zero-order chi connectivity index (χ0) is 32.3. The third kappa shape index (κ3) is 10.9. The number of phosphoric ester groups is 1. The Morgan fingerprint density at radius 1 is 0.905 bits per heavy atom. The lowest BCUT2D eigenvalue weighted by Gasteiger charge is -2.48. The Hall–Kier alpha value is -3.11. The first kappa shape index (κ1) is 36.9. The number of hydrogen-bond acceptors (Lipinski definition) is 16. The summed E-state index contributed by atoms with van der Waals surface area (Å²) in [5.74, 6) is -8.27. The molecule has 1 saturated heterocycles. The highest BCUT2D eigenvalue weighted by Gasteiger charge is 2.61. The van der Waals surface area contributed by atoms with Crippen LogP contribution < -0.4 is 5.32 Å². The minimum absolute atomic E-state index is 0.202. The summed E-state index contributed by atoms with van der Waals surface area (Å²) in [7, 11) is -3.65. The van der Waals surface area contributed by atoms with Crippen molar-refractivity contribution in [2.24, 2.45) is 0 Å². The van der Waals surface area contributed by atoms with Gasteiger partial charge >= 0.3 is 37.7 Å². The van der Waals surface area contributed by atoms with Crippen LogP contribution >= 0.6 is 7.82 Å². The van der Waals surface area contributed by atoms with Crippen LogP contribution in [-0.4, -0.2) is 98.9 Å². The van der Waals surface area contributed by atoms with Gasteiger partial charge in [0.15, 0.2) is 12.2 Å². The largest absolute Gasteiger partial charge is 0.477 e. The number of nitrogens with one attached hydrogen (secondary N) is 1. The first-order valence-corrected chi connectivity index (χ1v) is 14.3. The minimum Gasteiger partial charge on any atom is -0.465 e. The van der Waals surface area contributed by atoms with E-state index in [-0.39, 0.29) is 13.2 Å². The van der Waals surface area contributed by atoms with Gasteiger partial charge in [0.2, 0.25) is 5.91 Å². The highest BCUT2D eigenvalue weighted by atomic mass is 31.2. The van der Waals surface area contributed by atoms with Crippen molar-refractivity contribution in [1.29, 1.82) is 0 Å². The first-order chi connectivity index (χ1) is 19.5. The fourth-order valence-corrected chi connectivity index (χ4v) is 5.44. The summed E-state index contributed by atoms with van der Waals surface area (Å²) in [5, 5.41) is 2.50. The van der Waals surface area contributed by atoms with Gasteiger partial charge in [-0.15, -0.1) is 0 Å². The standard InChI is InChI=1S/C24H38NO16P/c1-9-35-42(32,36-10-2)41-24(23(31)33-8)11-18(37-15(5)28)20(25-13(3)26)22(40-24)21(39-17(7)30)19(38-16(6)29)12-34-14(4)27/h18-22H,9-12H2,1-8H3,(H,25,26)/t18-,19+,20+,21+,22+,24+/m0/s1. The lowest BCUT2D eigenvalue weighted by molar-refractivity contribution is -0.293. The van der Waals surface area contributed by atoms with Gasteiger partial charge in [-0.25, -0.2) is 13.9 Å². The SMILES string of the molecule is CCOP(=O)(OCC)O[C@@]1(C(=O)OC)C[C@H](OC(C)=O)[C@@H](NC(C)=O)[C@H]([C@H](OC(C)=O)[C@@H](COC(C)=O)OC(C)=O)O1. The van der Waals surface area contributed by atoms with E-state index in [9.17, 15) is 33.3 Å². The van der Waals surface area contributed by atoms with Crippen LogP contribution in [0.5, 0.6) is 0 Å². The van der Waals surface area contributed by atoms with E-state index in [2.05, 4.69) is 5.32 Å². The average molecular weight is 628 g/mol. The number of carbonyl (C=O) groups is 6. The molecule has 0 aromatic heterocycles. The van der Waals surface area contributed by atoms with Crippen molar-refractivity contribution in [2.45, 2.75) is 91.1 Å². The Kier molecular flexibility index (Phi) is 14.5. The van der Waals surface area contributed by atoms with Gasteiger partial charge in [0, 0.05) is 34.6 Å². The predicted octanol–water partition coefficient (Wildman–Crippen LogP) is 0.705. The smallest absolute Gasteiger partial charge is 0.465 e. The molecule has 1 aliphatic rings. The van der Waals surface area contributed by atoms with Crippen LogP contribution in [0.25, 0.3) is 0 Å². The van der Waals surface area contributed by atoms with E-state index in [0.29, 0.717) is 0 Å². The third-order valence-corrected chi connectivity index (χ3v) is 7.00. The molecule has 0 aliphatic carbocycles. The van der Waals surface area contributed by atoms with Crippen molar-refractivity contribution in [2.75, 3.05) is 26.9 Å². The van der Waals surface area contributed by atoms with Crippen LogP contribution in [0.15, 0.2) is 0 Å². The van der Waals surface area contributed by atoms with E-state index in [0.717, 1.165) is 41.7 Å². The summed E-state index contributed by atoms with van der Waals surface area (Å²) in [6, 6.07) is -1.42. The fourth-order valence-electron chi connectivity index (χ4n) is 4.08. The van der Waals surface area contributed by atoms with Crippen LogP contribution in [0.2, 0.25) is 0 Å². The summed E-state index contributed by atoms with van der Waals surface area (Å²) < 4.78 is 61.3.